The predicted molar refractivity (Wildman–Crippen MR) is 80.8 cm³/mol. The van der Waals surface area contributed by atoms with Crippen LogP contribution in [0.2, 0.25) is 5.02 Å². The Bertz CT molecular complexity index is 765. The summed E-state index contributed by atoms with van der Waals surface area (Å²) in [4.78, 5) is 4.17. The predicted octanol–water partition coefficient (Wildman–Crippen LogP) is 3.45. The van der Waals surface area contributed by atoms with Crippen molar-refractivity contribution in [2.45, 2.75) is 17.9 Å². The van der Waals surface area contributed by atoms with Crippen LogP contribution in [0.25, 0.3) is 0 Å². The maximum atomic E-state index is 13.2. The number of sulfone groups is 1. The molecule has 1 heterocycles. The van der Waals surface area contributed by atoms with Crippen molar-refractivity contribution in [3.8, 4) is 0 Å². The Morgan fingerprint density at radius 3 is 2.67 bits per heavy atom. The lowest BCUT2D eigenvalue weighted by atomic mass is 10.1. The van der Waals surface area contributed by atoms with E-state index in [0.717, 1.165) is 11.8 Å². The smallest absolute Gasteiger partial charge is 0.179 e. The summed E-state index contributed by atoms with van der Waals surface area (Å²) in [6.45, 7) is 1.81. The summed E-state index contributed by atoms with van der Waals surface area (Å²) in [7, 11) is -3.39. The van der Waals surface area contributed by atoms with Crippen molar-refractivity contribution in [2.24, 2.45) is 0 Å². The monoisotopic (exact) mass is 328 g/mol. The lowest BCUT2D eigenvalue weighted by molar-refractivity contribution is 0.601. The molecule has 0 saturated heterocycles. The summed E-state index contributed by atoms with van der Waals surface area (Å²) in [5, 5.41) is 3.03. The fourth-order valence-electron chi connectivity index (χ4n) is 1.87. The lowest BCUT2D eigenvalue weighted by Crippen LogP contribution is -2.12. The van der Waals surface area contributed by atoms with E-state index in [9.17, 15) is 12.8 Å². The third-order valence-electron chi connectivity index (χ3n) is 2.97. The Morgan fingerprint density at radius 2 is 2.05 bits per heavy atom. The fourth-order valence-corrected chi connectivity index (χ4v) is 2.85. The van der Waals surface area contributed by atoms with Gasteiger partial charge in [-0.05, 0) is 36.8 Å². The molecule has 0 saturated carbocycles. The van der Waals surface area contributed by atoms with Gasteiger partial charge in [-0.3, -0.25) is 0 Å². The van der Waals surface area contributed by atoms with E-state index >= 15 is 0 Å². The first kappa shape index (κ1) is 15.7. The van der Waals surface area contributed by atoms with E-state index in [1.807, 2.05) is 6.92 Å². The summed E-state index contributed by atoms with van der Waals surface area (Å²) < 4.78 is 36.6. The van der Waals surface area contributed by atoms with Crippen molar-refractivity contribution >= 4 is 27.3 Å². The standard InChI is InChI=1S/C14H14ClFN2O2S/c1-9(10-5-6-12(16)11(15)8-10)18-14-13(21(2,19)20)4-3-7-17-14/h3-9H,1-2H3,(H,17,18). The number of benzene rings is 1. The average Bonchev–Trinajstić information content (AvgIpc) is 2.41. The summed E-state index contributed by atoms with van der Waals surface area (Å²) in [6.07, 6.45) is 2.62. The topological polar surface area (TPSA) is 59.1 Å². The largest absolute Gasteiger partial charge is 0.362 e. The summed E-state index contributed by atoms with van der Waals surface area (Å²) in [5.41, 5.74) is 0.728. The fraction of sp³-hybridized carbons (Fsp3) is 0.214. The zero-order chi connectivity index (χ0) is 15.6. The van der Waals surface area contributed by atoms with Crippen LogP contribution < -0.4 is 5.32 Å². The molecule has 7 heteroatoms. The third-order valence-corrected chi connectivity index (χ3v) is 4.39. The minimum absolute atomic E-state index is 0.0190. The molecule has 4 nitrogen and oxygen atoms in total. The number of hydrogen-bond acceptors (Lipinski definition) is 4. The minimum atomic E-state index is -3.39. The van der Waals surface area contributed by atoms with Crippen molar-refractivity contribution < 1.29 is 12.8 Å². The quantitative estimate of drug-likeness (QED) is 0.934. The van der Waals surface area contributed by atoms with Gasteiger partial charge in [0.25, 0.3) is 0 Å². The maximum absolute atomic E-state index is 13.2. The van der Waals surface area contributed by atoms with Crippen LogP contribution >= 0.6 is 11.6 Å². The Labute approximate surface area is 127 Å². The van der Waals surface area contributed by atoms with Gasteiger partial charge in [-0.25, -0.2) is 17.8 Å². The molecule has 0 radical (unpaired) electrons. The van der Waals surface area contributed by atoms with Crippen molar-refractivity contribution in [3.63, 3.8) is 0 Å². The number of aromatic nitrogens is 1. The highest BCUT2D eigenvalue weighted by Crippen LogP contribution is 2.26. The van der Waals surface area contributed by atoms with Crippen molar-refractivity contribution in [3.05, 3.63) is 52.9 Å². The van der Waals surface area contributed by atoms with Gasteiger partial charge in [0.15, 0.2) is 9.84 Å². The molecule has 21 heavy (non-hydrogen) atoms. The molecule has 0 aliphatic heterocycles. The van der Waals surface area contributed by atoms with E-state index in [4.69, 9.17) is 11.6 Å². The third kappa shape index (κ3) is 3.71. The molecule has 1 atom stereocenters. The van der Waals surface area contributed by atoms with E-state index in [0.29, 0.717) is 0 Å². The SMILES string of the molecule is CC(Nc1ncccc1S(C)(=O)=O)c1ccc(F)c(Cl)c1. The first-order valence-electron chi connectivity index (χ1n) is 6.15. The molecule has 1 aromatic heterocycles. The first-order valence-corrected chi connectivity index (χ1v) is 8.42. The van der Waals surface area contributed by atoms with Crippen LogP contribution in [0.5, 0.6) is 0 Å². The molecule has 0 fully saturated rings. The van der Waals surface area contributed by atoms with Crippen LogP contribution in [0.4, 0.5) is 10.2 Å². The van der Waals surface area contributed by atoms with Crippen molar-refractivity contribution in [1.29, 1.82) is 0 Å². The van der Waals surface area contributed by atoms with E-state index in [1.54, 1.807) is 12.1 Å². The van der Waals surface area contributed by atoms with Gasteiger partial charge in [-0.1, -0.05) is 17.7 Å². The van der Waals surface area contributed by atoms with Gasteiger partial charge in [0.1, 0.15) is 16.5 Å². The zero-order valence-corrected chi connectivity index (χ0v) is 13.0. The van der Waals surface area contributed by atoms with Crippen LogP contribution in [-0.2, 0) is 9.84 Å². The van der Waals surface area contributed by atoms with Gasteiger partial charge in [0.2, 0.25) is 0 Å². The number of anilines is 1. The summed E-state index contributed by atoms with van der Waals surface area (Å²) in [5.74, 6) is -0.241. The first-order chi connectivity index (χ1) is 9.79. The summed E-state index contributed by atoms with van der Waals surface area (Å²) >= 11 is 5.75. The van der Waals surface area contributed by atoms with E-state index < -0.39 is 15.7 Å². The lowest BCUT2D eigenvalue weighted by Gasteiger charge is -2.17. The molecule has 0 bridgehead atoms. The molecule has 2 rings (SSSR count). The molecular formula is C14H14ClFN2O2S. The van der Waals surface area contributed by atoms with Crippen LogP contribution in [-0.4, -0.2) is 19.7 Å². The van der Waals surface area contributed by atoms with Gasteiger partial charge >= 0.3 is 0 Å². The van der Waals surface area contributed by atoms with E-state index in [-0.39, 0.29) is 21.8 Å². The second-order valence-electron chi connectivity index (χ2n) is 4.66. The van der Waals surface area contributed by atoms with Crippen molar-refractivity contribution in [1.82, 2.24) is 4.98 Å². The molecule has 0 aliphatic carbocycles. The summed E-state index contributed by atoms with van der Waals surface area (Å²) in [6, 6.07) is 7.11. The number of halogens is 2. The molecule has 1 N–H and O–H groups in total. The Balaban J connectivity index is 2.32. The normalized spacial score (nSPS) is 13.0. The second-order valence-corrected chi connectivity index (χ2v) is 7.05. The Kier molecular flexibility index (Phi) is 4.49. The number of nitrogens with zero attached hydrogens (tertiary/aromatic N) is 1. The van der Waals surface area contributed by atoms with Gasteiger partial charge < -0.3 is 5.32 Å². The van der Waals surface area contributed by atoms with Crippen LogP contribution in [0.1, 0.15) is 18.5 Å². The molecule has 112 valence electrons. The molecule has 1 unspecified atom stereocenters. The number of nitrogens with one attached hydrogen (secondary N) is 1. The van der Waals surface area contributed by atoms with Gasteiger partial charge in [0, 0.05) is 12.5 Å². The molecule has 0 amide bonds. The minimum Gasteiger partial charge on any atom is -0.362 e. The Morgan fingerprint density at radius 1 is 1.33 bits per heavy atom. The molecule has 2 aromatic rings. The van der Waals surface area contributed by atoms with E-state index in [2.05, 4.69) is 10.3 Å². The maximum Gasteiger partial charge on any atom is 0.179 e. The van der Waals surface area contributed by atoms with Crippen LogP contribution in [0.3, 0.4) is 0 Å². The van der Waals surface area contributed by atoms with Crippen LogP contribution in [0.15, 0.2) is 41.4 Å². The highest BCUT2D eigenvalue weighted by atomic mass is 35.5. The highest BCUT2D eigenvalue weighted by Gasteiger charge is 2.16. The second kappa shape index (κ2) is 5.99. The number of pyridine rings is 1. The van der Waals surface area contributed by atoms with Crippen LogP contribution in [0, 0.1) is 5.82 Å². The van der Waals surface area contributed by atoms with Gasteiger partial charge in [0.05, 0.1) is 11.1 Å². The van der Waals surface area contributed by atoms with Crippen molar-refractivity contribution in [2.75, 3.05) is 11.6 Å². The molecule has 0 spiro atoms. The van der Waals surface area contributed by atoms with Gasteiger partial charge in [-0.2, -0.15) is 0 Å². The Hall–Kier alpha value is -1.66. The number of rotatable bonds is 4. The molecule has 0 aliphatic rings. The van der Waals surface area contributed by atoms with E-state index in [1.165, 1.54) is 24.4 Å². The van der Waals surface area contributed by atoms with Gasteiger partial charge in [-0.15, -0.1) is 0 Å². The molecule has 1 aromatic carbocycles. The average molecular weight is 329 g/mol. The number of hydrogen-bond donors (Lipinski definition) is 1. The zero-order valence-electron chi connectivity index (χ0n) is 11.5. The molecular weight excluding hydrogens is 315 g/mol. The highest BCUT2D eigenvalue weighted by molar-refractivity contribution is 7.90.